The lowest BCUT2D eigenvalue weighted by Crippen LogP contribution is -2.14. The van der Waals surface area contributed by atoms with Crippen LogP contribution in [0.3, 0.4) is 0 Å². The van der Waals surface area contributed by atoms with E-state index >= 15 is 0 Å². The first-order valence-electron chi connectivity index (χ1n) is 8.08. The highest BCUT2D eigenvalue weighted by molar-refractivity contribution is 8.00. The van der Waals surface area contributed by atoms with Gasteiger partial charge in [0.2, 0.25) is 0 Å². The number of non-ortho nitro benzene ring substituents is 1. The third-order valence-electron chi connectivity index (χ3n) is 3.77. The number of nitro groups is 1. The standard InChI is InChI=1S/C19H16N2O5S2/c1-26-17-7-3-2-6-16(17)20-28(24,25)19-9-5-4-8-18(19)27-15-12-10-14(11-13-15)21(22)23/h2-13,20H,1H3. The van der Waals surface area contributed by atoms with E-state index < -0.39 is 14.9 Å². The molecule has 0 heterocycles. The average Bonchev–Trinajstić information content (AvgIpc) is 2.69. The molecular weight excluding hydrogens is 400 g/mol. The normalized spacial score (nSPS) is 11.0. The summed E-state index contributed by atoms with van der Waals surface area (Å²) in [5.41, 5.74) is 0.309. The van der Waals surface area contributed by atoms with Crippen LogP contribution in [0.4, 0.5) is 11.4 Å². The Morgan fingerprint density at radius 2 is 1.61 bits per heavy atom. The van der Waals surface area contributed by atoms with Gasteiger partial charge in [-0.2, -0.15) is 0 Å². The van der Waals surface area contributed by atoms with Crippen molar-refractivity contribution in [3.63, 3.8) is 0 Å². The molecule has 0 spiro atoms. The lowest BCUT2D eigenvalue weighted by molar-refractivity contribution is -0.384. The highest BCUT2D eigenvalue weighted by Gasteiger charge is 2.20. The zero-order chi connectivity index (χ0) is 20.1. The molecule has 0 unspecified atom stereocenters. The van der Waals surface area contributed by atoms with Gasteiger partial charge in [0.15, 0.2) is 0 Å². The largest absolute Gasteiger partial charge is 0.495 e. The SMILES string of the molecule is COc1ccccc1NS(=O)(=O)c1ccccc1Sc1ccc([N+](=O)[O-])cc1. The number of rotatable bonds is 7. The van der Waals surface area contributed by atoms with Crippen molar-refractivity contribution in [2.75, 3.05) is 11.8 Å². The predicted octanol–water partition coefficient (Wildman–Crippen LogP) is 4.56. The number of nitro benzene ring substituents is 1. The molecular formula is C19H16N2O5S2. The number of nitrogens with one attached hydrogen (secondary N) is 1. The molecule has 0 saturated carbocycles. The summed E-state index contributed by atoms with van der Waals surface area (Å²) in [5.74, 6) is 0.409. The van der Waals surface area contributed by atoms with Crippen LogP contribution in [0.25, 0.3) is 0 Å². The van der Waals surface area contributed by atoms with Crippen LogP contribution in [0.5, 0.6) is 5.75 Å². The van der Waals surface area contributed by atoms with Gasteiger partial charge in [-0.1, -0.05) is 36.0 Å². The fraction of sp³-hybridized carbons (Fsp3) is 0.0526. The van der Waals surface area contributed by atoms with Crippen LogP contribution in [0, 0.1) is 10.1 Å². The minimum absolute atomic E-state index is 0.0249. The maximum Gasteiger partial charge on any atom is 0.269 e. The van der Waals surface area contributed by atoms with Gasteiger partial charge in [0.25, 0.3) is 15.7 Å². The van der Waals surface area contributed by atoms with E-state index in [-0.39, 0.29) is 10.6 Å². The van der Waals surface area contributed by atoms with E-state index in [0.717, 1.165) is 0 Å². The van der Waals surface area contributed by atoms with Crippen LogP contribution in [0.15, 0.2) is 87.5 Å². The first kappa shape index (κ1) is 19.7. The Hall–Kier alpha value is -3.04. The maximum atomic E-state index is 13.0. The molecule has 3 aromatic carbocycles. The van der Waals surface area contributed by atoms with E-state index in [9.17, 15) is 18.5 Å². The second-order valence-corrected chi connectivity index (χ2v) is 8.37. The van der Waals surface area contributed by atoms with Gasteiger partial charge in [0.05, 0.1) is 17.7 Å². The summed E-state index contributed by atoms with van der Waals surface area (Å²) in [6.45, 7) is 0. The summed E-state index contributed by atoms with van der Waals surface area (Å²) in [5, 5.41) is 10.8. The van der Waals surface area contributed by atoms with E-state index in [1.807, 2.05) is 0 Å². The maximum absolute atomic E-state index is 13.0. The summed E-state index contributed by atoms with van der Waals surface area (Å²) in [6, 6.07) is 19.2. The Morgan fingerprint density at radius 1 is 0.964 bits per heavy atom. The molecule has 9 heteroatoms. The molecule has 0 aliphatic carbocycles. The zero-order valence-electron chi connectivity index (χ0n) is 14.7. The monoisotopic (exact) mass is 416 g/mol. The highest BCUT2D eigenvalue weighted by atomic mass is 32.2. The molecule has 0 aromatic heterocycles. The summed E-state index contributed by atoms with van der Waals surface area (Å²) < 4.78 is 33.7. The van der Waals surface area contributed by atoms with E-state index in [0.29, 0.717) is 21.2 Å². The van der Waals surface area contributed by atoms with Gasteiger partial charge in [-0.3, -0.25) is 14.8 Å². The van der Waals surface area contributed by atoms with E-state index in [1.54, 1.807) is 54.6 Å². The minimum atomic E-state index is -3.88. The van der Waals surface area contributed by atoms with E-state index in [2.05, 4.69) is 4.72 Å². The molecule has 0 amide bonds. The van der Waals surface area contributed by atoms with E-state index in [4.69, 9.17) is 4.74 Å². The number of sulfonamides is 1. The van der Waals surface area contributed by atoms with Crippen molar-refractivity contribution < 1.29 is 18.1 Å². The third kappa shape index (κ3) is 4.44. The predicted molar refractivity (Wildman–Crippen MR) is 107 cm³/mol. The van der Waals surface area contributed by atoms with E-state index in [1.165, 1.54) is 37.1 Å². The molecule has 1 N–H and O–H groups in total. The summed E-state index contributed by atoms with van der Waals surface area (Å²) >= 11 is 1.21. The summed E-state index contributed by atoms with van der Waals surface area (Å²) in [7, 11) is -2.41. The highest BCUT2D eigenvalue weighted by Crippen LogP contribution is 2.35. The molecule has 0 aliphatic heterocycles. The molecule has 3 aromatic rings. The van der Waals surface area contributed by atoms with Crippen LogP contribution in [-0.2, 0) is 10.0 Å². The number of ether oxygens (including phenoxy) is 1. The summed E-state index contributed by atoms with van der Waals surface area (Å²) in [6.07, 6.45) is 0. The molecule has 0 fully saturated rings. The van der Waals surface area contributed by atoms with Crippen LogP contribution < -0.4 is 9.46 Å². The van der Waals surface area contributed by atoms with Gasteiger partial charge >= 0.3 is 0 Å². The van der Waals surface area contributed by atoms with Crippen LogP contribution in [-0.4, -0.2) is 20.5 Å². The number of anilines is 1. The smallest absolute Gasteiger partial charge is 0.269 e. The van der Waals surface area contributed by atoms with Gasteiger partial charge in [-0.15, -0.1) is 0 Å². The number of hydrogen-bond acceptors (Lipinski definition) is 6. The third-order valence-corrected chi connectivity index (χ3v) is 6.40. The molecule has 0 bridgehead atoms. The number of benzene rings is 3. The Labute approximate surface area is 166 Å². The molecule has 0 radical (unpaired) electrons. The van der Waals surface area contributed by atoms with Crippen molar-refractivity contribution >= 4 is 33.2 Å². The molecule has 28 heavy (non-hydrogen) atoms. The van der Waals surface area contributed by atoms with Gasteiger partial charge in [-0.05, 0) is 36.4 Å². The van der Waals surface area contributed by atoms with Gasteiger partial charge < -0.3 is 4.74 Å². The number of para-hydroxylation sites is 2. The van der Waals surface area contributed by atoms with Crippen molar-refractivity contribution in [2.45, 2.75) is 14.7 Å². The minimum Gasteiger partial charge on any atom is -0.495 e. The quantitative estimate of drug-likeness (QED) is 0.448. The Balaban J connectivity index is 1.91. The van der Waals surface area contributed by atoms with Crippen LogP contribution in [0.2, 0.25) is 0 Å². The number of nitrogens with zero attached hydrogens (tertiary/aromatic N) is 1. The van der Waals surface area contributed by atoms with Crippen molar-refractivity contribution in [2.24, 2.45) is 0 Å². The van der Waals surface area contributed by atoms with Crippen molar-refractivity contribution in [3.05, 3.63) is 82.9 Å². The second-order valence-electron chi connectivity index (χ2n) is 5.61. The molecule has 144 valence electrons. The Kier molecular flexibility index (Phi) is 5.86. The van der Waals surface area contributed by atoms with Crippen LogP contribution in [0.1, 0.15) is 0 Å². The molecule has 0 atom stereocenters. The first-order valence-corrected chi connectivity index (χ1v) is 10.4. The molecule has 3 rings (SSSR count). The Bertz CT molecular complexity index is 1100. The number of methoxy groups -OCH3 is 1. The van der Waals surface area contributed by atoms with Crippen molar-refractivity contribution in [3.8, 4) is 5.75 Å². The van der Waals surface area contributed by atoms with Crippen molar-refractivity contribution in [1.29, 1.82) is 0 Å². The van der Waals surface area contributed by atoms with Gasteiger partial charge in [0, 0.05) is 21.9 Å². The molecule has 0 aliphatic rings. The van der Waals surface area contributed by atoms with Crippen LogP contribution >= 0.6 is 11.8 Å². The van der Waals surface area contributed by atoms with Gasteiger partial charge in [0.1, 0.15) is 10.6 Å². The Morgan fingerprint density at radius 3 is 2.29 bits per heavy atom. The van der Waals surface area contributed by atoms with Crippen molar-refractivity contribution in [1.82, 2.24) is 0 Å². The fourth-order valence-electron chi connectivity index (χ4n) is 2.45. The lowest BCUT2D eigenvalue weighted by atomic mass is 10.3. The molecule has 0 saturated heterocycles. The zero-order valence-corrected chi connectivity index (χ0v) is 16.4. The summed E-state index contributed by atoms with van der Waals surface area (Å²) in [4.78, 5) is 11.6. The van der Waals surface area contributed by atoms with Gasteiger partial charge in [-0.25, -0.2) is 8.42 Å². The fourth-order valence-corrected chi connectivity index (χ4v) is 4.90. The lowest BCUT2D eigenvalue weighted by Gasteiger charge is -2.14. The molecule has 7 nitrogen and oxygen atoms in total. The number of hydrogen-bond donors (Lipinski definition) is 1. The first-order chi connectivity index (χ1) is 13.4. The average molecular weight is 416 g/mol. The topological polar surface area (TPSA) is 98.5 Å². The second kappa shape index (κ2) is 8.32.